The van der Waals surface area contributed by atoms with Crippen molar-refractivity contribution >= 4 is 0 Å². The van der Waals surface area contributed by atoms with Gasteiger partial charge in [-0.25, -0.2) is 0 Å². The Morgan fingerprint density at radius 2 is 1.55 bits per heavy atom. The zero-order chi connectivity index (χ0) is 14.6. The molecule has 0 bridgehead atoms. The third-order valence-electron chi connectivity index (χ3n) is 6.58. The van der Waals surface area contributed by atoms with E-state index in [9.17, 15) is 0 Å². The Morgan fingerprint density at radius 1 is 0.950 bits per heavy atom. The summed E-state index contributed by atoms with van der Waals surface area (Å²) in [7, 11) is 0. The predicted octanol–water partition coefficient (Wildman–Crippen LogP) is 4.20. The molecular formula is C18H36N2. The van der Waals surface area contributed by atoms with Gasteiger partial charge in [0.2, 0.25) is 0 Å². The van der Waals surface area contributed by atoms with Gasteiger partial charge in [0.1, 0.15) is 0 Å². The zero-order valence-electron chi connectivity index (χ0n) is 14.3. The molecular weight excluding hydrogens is 244 g/mol. The molecule has 0 unspecified atom stereocenters. The summed E-state index contributed by atoms with van der Waals surface area (Å²) in [5.74, 6) is 0.969. The number of piperazine rings is 1. The van der Waals surface area contributed by atoms with Crippen molar-refractivity contribution in [3.05, 3.63) is 0 Å². The molecule has 118 valence electrons. The molecule has 1 N–H and O–H groups in total. The minimum atomic E-state index is 0.368. The number of hydrogen-bond donors (Lipinski definition) is 1. The Balaban J connectivity index is 2.13. The van der Waals surface area contributed by atoms with E-state index in [0.717, 1.165) is 5.92 Å². The second kappa shape index (κ2) is 6.79. The van der Waals surface area contributed by atoms with Crippen LogP contribution >= 0.6 is 0 Å². The Bertz CT molecular complexity index is 286. The van der Waals surface area contributed by atoms with Crippen LogP contribution in [0.5, 0.6) is 0 Å². The summed E-state index contributed by atoms with van der Waals surface area (Å²) in [4.78, 5) is 2.90. The fourth-order valence-corrected chi connectivity index (χ4v) is 4.49. The number of nitrogens with zero attached hydrogens (tertiary/aromatic N) is 1. The quantitative estimate of drug-likeness (QED) is 0.784. The first-order valence-electron chi connectivity index (χ1n) is 9.13. The van der Waals surface area contributed by atoms with Crippen molar-refractivity contribution in [2.24, 2.45) is 5.92 Å². The SMILES string of the molecule is CCC1(CC)CN(CC2CCCC2)C(CC)(CC)CN1. The molecule has 2 rings (SSSR count). The number of nitrogens with one attached hydrogen (secondary N) is 1. The molecule has 0 aromatic rings. The molecule has 1 aliphatic heterocycles. The van der Waals surface area contributed by atoms with Gasteiger partial charge in [0.25, 0.3) is 0 Å². The van der Waals surface area contributed by atoms with Crippen LogP contribution in [0, 0.1) is 5.92 Å². The van der Waals surface area contributed by atoms with Gasteiger partial charge in [0.15, 0.2) is 0 Å². The van der Waals surface area contributed by atoms with E-state index in [-0.39, 0.29) is 0 Å². The van der Waals surface area contributed by atoms with Gasteiger partial charge in [-0.1, -0.05) is 40.5 Å². The summed E-state index contributed by atoms with van der Waals surface area (Å²) >= 11 is 0. The first-order valence-corrected chi connectivity index (χ1v) is 9.13. The van der Waals surface area contributed by atoms with Crippen LogP contribution in [0.4, 0.5) is 0 Å². The molecule has 0 spiro atoms. The van der Waals surface area contributed by atoms with Crippen LogP contribution in [0.1, 0.15) is 79.1 Å². The molecule has 0 atom stereocenters. The highest BCUT2D eigenvalue weighted by Gasteiger charge is 2.44. The van der Waals surface area contributed by atoms with E-state index in [4.69, 9.17) is 0 Å². The first-order chi connectivity index (χ1) is 9.63. The topological polar surface area (TPSA) is 15.3 Å². The Kier molecular flexibility index (Phi) is 5.53. The lowest BCUT2D eigenvalue weighted by molar-refractivity contribution is -0.0144. The van der Waals surface area contributed by atoms with Crippen molar-refractivity contribution < 1.29 is 0 Å². The van der Waals surface area contributed by atoms with Crippen LogP contribution in [0.2, 0.25) is 0 Å². The molecule has 0 radical (unpaired) electrons. The number of hydrogen-bond acceptors (Lipinski definition) is 2. The highest BCUT2D eigenvalue weighted by molar-refractivity contribution is 5.04. The zero-order valence-corrected chi connectivity index (χ0v) is 14.3. The monoisotopic (exact) mass is 280 g/mol. The molecule has 1 saturated carbocycles. The molecule has 0 aromatic carbocycles. The minimum Gasteiger partial charge on any atom is -0.308 e. The summed E-state index contributed by atoms with van der Waals surface area (Å²) in [6.45, 7) is 13.3. The maximum atomic E-state index is 3.94. The predicted molar refractivity (Wildman–Crippen MR) is 88.2 cm³/mol. The van der Waals surface area contributed by atoms with Gasteiger partial charge >= 0.3 is 0 Å². The van der Waals surface area contributed by atoms with Crippen molar-refractivity contribution in [2.75, 3.05) is 19.6 Å². The van der Waals surface area contributed by atoms with Gasteiger partial charge in [0, 0.05) is 30.7 Å². The smallest absolute Gasteiger partial charge is 0.0329 e. The van der Waals surface area contributed by atoms with E-state index in [1.807, 2.05) is 0 Å². The van der Waals surface area contributed by atoms with Crippen molar-refractivity contribution in [1.82, 2.24) is 10.2 Å². The van der Waals surface area contributed by atoms with Gasteiger partial charge in [-0.15, -0.1) is 0 Å². The fourth-order valence-electron chi connectivity index (χ4n) is 4.49. The van der Waals surface area contributed by atoms with E-state index in [0.29, 0.717) is 11.1 Å². The third-order valence-corrected chi connectivity index (χ3v) is 6.58. The Labute approximate surface area is 126 Å². The van der Waals surface area contributed by atoms with E-state index < -0.39 is 0 Å². The molecule has 2 aliphatic rings. The van der Waals surface area contributed by atoms with Crippen LogP contribution in [0.25, 0.3) is 0 Å². The van der Waals surface area contributed by atoms with E-state index in [1.165, 1.54) is 71.0 Å². The molecule has 2 fully saturated rings. The van der Waals surface area contributed by atoms with Crippen LogP contribution in [0.3, 0.4) is 0 Å². The standard InChI is InChI=1S/C18H36N2/c1-5-17(6-2)15-20(13-16-11-9-10-12-16)18(7-3,8-4)14-19-17/h16,19H,5-15H2,1-4H3. The molecule has 2 heteroatoms. The van der Waals surface area contributed by atoms with E-state index >= 15 is 0 Å². The van der Waals surface area contributed by atoms with Crippen LogP contribution in [0.15, 0.2) is 0 Å². The lowest BCUT2D eigenvalue weighted by Crippen LogP contribution is -2.70. The summed E-state index contributed by atoms with van der Waals surface area (Å²) < 4.78 is 0. The van der Waals surface area contributed by atoms with Crippen molar-refractivity contribution in [3.8, 4) is 0 Å². The molecule has 0 aromatic heterocycles. The van der Waals surface area contributed by atoms with Gasteiger partial charge in [-0.2, -0.15) is 0 Å². The second-order valence-electron chi connectivity index (χ2n) is 7.30. The molecule has 0 amide bonds. The maximum absolute atomic E-state index is 3.94. The lowest BCUT2D eigenvalue weighted by Gasteiger charge is -2.55. The number of rotatable bonds is 6. The van der Waals surface area contributed by atoms with Gasteiger partial charge in [-0.05, 0) is 44.4 Å². The van der Waals surface area contributed by atoms with E-state index in [2.05, 4.69) is 37.9 Å². The molecule has 1 saturated heterocycles. The minimum absolute atomic E-state index is 0.368. The van der Waals surface area contributed by atoms with Crippen molar-refractivity contribution in [2.45, 2.75) is 90.1 Å². The summed E-state index contributed by atoms with van der Waals surface area (Å²) in [6.07, 6.45) is 11.0. The summed E-state index contributed by atoms with van der Waals surface area (Å²) in [6, 6.07) is 0. The van der Waals surface area contributed by atoms with E-state index in [1.54, 1.807) is 0 Å². The Hall–Kier alpha value is -0.0800. The molecule has 20 heavy (non-hydrogen) atoms. The summed E-state index contributed by atoms with van der Waals surface area (Å²) in [5.41, 5.74) is 0.781. The first kappa shape index (κ1) is 16.3. The van der Waals surface area contributed by atoms with Crippen LogP contribution in [-0.2, 0) is 0 Å². The third kappa shape index (κ3) is 3.06. The lowest BCUT2D eigenvalue weighted by atomic mass is 9.80. The molecule has 1 heterocycles. The van der Waals surface area contributed by atoms with Crippen LogP contribution in [-0.4, -0.2) is 35.6 Å². The average molecular weight is 280 g/mol. The average Bonchev–Trinajstić information content (AvgIpc) is 3.00. The van der Waals surface area contributed by atoms with Gasteiger partial charge in [0.05, 0.1) is 0 Å². The van der Waals surface area contributed by atoms with Gasteiger partial charge in [-0.3, -0.25) is 4.90 Å². The molecule has 1 aliphatic carbocycles. The van der Waals surface area contributed by atoms with Crippen LogP contribution < -0.4 is 5.32 Å². The Morgan fingerprint density at radius 3 is 2.05 bits per heavy atom. The van der Waals surface area contributed by atoms with Crippen molar-refractivity contribution in [3.63, 3.8) is 0 Å². The van der Waals surface area contributed by atoms with Gasteiger partial charge < -0.3 is 5.32 Å². The molecule has 2 nitrogen and oxygen atoms in total. The second-order valence-corrected chi connectivity index (χ2v) is 7.30. The highest BCUT2D eigenvalue weighted by Crippen LogP contribution is 2.36. The highest BCUT2D eigenvalue weighted by atomic mass is 15.3. The fraction of sp³-hybridized carbons (Fsp3) is 1.00. The largest absolute Gasteiger partial charge is 0.308 e. The van der Waals surface area contributed by atoms with Crippen molar-refractivity contribution in [1.29, 1.82) is 0 Å². The maximum Gasteiger partial charge on any atom is 0.0329 e. The normalized spacial score (nSPS) is 27.0. The summed E-state index contributed by atoms with van der Waals surface area (Å²) in [5, 5.41) is 3.94.